The molecule has 0 aromatic carbocycles. The van der Waals surface area contributed by atoms with Crippen molar-refractivity contribution in [2.24, 2.45) is 5.92 Å². The minimum absolute atomic E-state index is 0. The molecule has 1 fully saturated rings. The summed E-state index contributed by atoms with van der Waals surface area (Å²) < 4.78 is 25.7. The molecule has 0 aliphatic carbocycles. The fourth-order valence-electron chi connectivity index (χ4n) is 2.62. The number of likely N-dealkylation sites (tertiary alicyclic amines) is 1. The lowest BCUT2D eigenvalue weighted by Crippen LogP contribution is -2.38. The molecule has 0 bridgehead atoms. The van der Waals surface area contributed by atoms with E-state index in [1.165, 1.54) is 29.8 Å². The van der Waals surface area contributed by atoms with E-state index in [9.17, 15) is 13.2 Å². The molecule has 0 saturated carbocycles. The van der Waals surface area contributed by atoms with Crippen molar-refractivity contribution in [3.63, 3.8) is 0 Å². The number of rotatable bonds is 6. The number of hydrogen-bond acceptors (Lipinski definition) is 5. The van der Waals surface area contributed by atoms with Crippen LogP contribution in [-0.4, -0.2) is 53.0 Å². The van der Waals surface area contributed by atoms with Gasteiger partial charge >= 0.3 is 0 Å². The Morgan fingerprint density at radius 1 is 1.35 bits per heavy atom. The predicted octanol–water partition coefficient (Wildman–Crippen LogP) is 1.54. The predicted molar refractivity (Wildman–Crippen MR) is 95.0 cm³/mol. The van der Waals surface area contributed by atoms with Crippen molar-refractivity contribution < 1.29 is 13.2 Å². The zero-order valence-electron chi connectivity index (χ0n) is 13.4. The lowest BCUT2D eigenvalue weighted by atomic mass is 9.93. The molecule has 0 unspecified atom stereocenters. The summed E-state index contributed by atoms with van der Waals surface area (Å²) in [6.45, 7) is 2.51. The minimum atomic E-state index is -3.48. The van der Waals surface area contributed by atoms with Crippen LogP contribution < -0.4 is 10.0 Å². The fraction of sp³-hybridized carbons (Fsp3) is 0.643. The van der Waals surface area contributed by atoms with Crippen LogP contribution in [0, 0.1) is 5.92 Å². The lowest BCUT2D eigenvalue weighted by molar-refractivity contribution is 0.0692. The Balaban J connectivity index is 0.00000264. The Bertz CT molecular complexity index is 611. The van der Waals surface area contributed by atoms with Crippen molar-refractivity contribution in [2.75, 3.05) is 33.7 Å². The van der Waals surface area contributed by atoms with Gasteiger partial charge in [0, 0.05) is 18.5 Å². The average Bonchev–Trinajstić information content (AvgIpc) is 3.03. The third-order valence-corrected chi connectivity index (χ3v) is 6.53. The topological polar surface area (TPSA) is 78.5 Å². The molecule has 132 valence electrons. The second-order valence-electron chi connectivity index (χ2n) is 5.48. The second kappa shape index (κ2) is 8.98. The Kier molecular flexibility index (Phi) is 7.96. The van der Waals surface area contributed by atoms with Crippen molar-refractivity contribution in [3.05, 3.63) is 16.3 Å². The van der Waals surface area contributed by atoms with E-state index < -0.39 is 10.0 Å². The van der Waals surface area contributed by atoms with Gasteiger partial charge in [0.2, 0.25) is 10.0 Å². The van der Waals surface area contributed by atoms with E-state index in [1.54, 1.807) is 0 Å². The minimum Gasteiger partial charge on any atom is -0.338 e. The average molecular weight is 382 g/mol. The first-order valence-corrected chi connectivity index (χ1v) is 9.80. The van der Waals surface area contributed by atoms with E-state index >= 15 is 0 Å². The van der Waals surface area contributed by atoms with Gasteiger partial charge in [-0.2, -0.15) is 0 Å². The normalized spacial score (nSPS) is 16.2. The van der Waals surface area contributed by atoms with E-state index in [1.807, 2.05) is 11.9 Å². The Labute approximate surface area is 148 Å². The molecule has 0 spiro atoms. The zero-order valence-corrected chi connectivity index (χ0v) is 15.8. The standard InChI is InChI=1S/C14H23N3O3S2.ClH/c1-15-6-3-11-4-7-17(8-5-11)14(18)13-9-12(10-21-13)22(19,20)16-2;/h9-11,15-16H,3-8H2,1-2H3;1H. The van der Waals surface area contributed by atoms with Crippen LogP contribution in [0.5, 0.6) is 0 Å². The second-order valence-corrected chi connectivity index (χ2v) is 8.28. The summed E-state index contributed by atoms with van der Waals surface area (Å²) in [6.07, 6.45) is 3.17. The summed E-state index contributed by atoms with van der Waals surface area (Å²) in [5, 5.41) is 4.67. The van der Waals surface area contributed by atoms with E-state index in [-0.39, 0.29) is 23.2 Å². The molecular formula is C14H24ClN3O3S2. The molecule has 2 heterocycles. The molecule has 1 amide bonds. The van der Waals surface area contributed by atoms with Gasteiger partial charge in [0.15, 0.2) is 0 Å². The first-order chi connectivity index (χ1) is 10.5. The maximum absolute atomic E-state index is 12.5. The zero-order chi connectivity index (χ0) is 16.2. The highest BCUT2D eigenvalue weighted by Gasteiger charge is 2.25. The summed E-state index contributed by atoms with van der Waals surface area (Å²) in [5.74, 6) is 0.606. The van der Waals surface area contributed by atoms with Gasteiger partial charge in [0.25, 0.3) is 5.91 Å². The quantitative estimate of drug-likeness (QED) is 0.783. The van der Waals surface area contributed by atoms with E-state index in [0.717, 1.165) is 38.9 Å². The molecule has 1 aromatic rings. The molecule has 6 nitrogen and oxygen atoms in total. The number of nitrogens with zero attached hydrogens (tertiary/aromatic N) is 1. The summed E-state index contributed by atoms with van der Waals surface area (Å²) in [6, 6.07) is 1.46. The summed E-state index contributed by atoms with van der Waals surface area (Å²) in [5.41, 5.74) is 0. The molecule has 0 atom stereocenters. The number of halogens is 1. The van der Waals surface area contributed by atoms with Crippen molar-refractivity contribution in [2.45, 2.75) is 24.2 Å². The Morgan fingerprint density at radius 3 is 2.57 bits per heavy atom. The van der Waals surface area contributed by atoms with Crippen molar-refractivity contribution in [1.82, 2.24) is 14.9 Å². The maximum Gasteiger partial charge on any atom is 0.263 e. The van der Waals surface area contributed by atoms with E-state index in [2.05, 4.69) is 10.0 Å². The first kappa shape index (κ1) is 20.4. The van der Waals surface area contributed by atoms with Crippen LogP contribution in [-0.2, 0) is 10.0 Å². The third kappa shape index (κ3) is 5.15. The van der Waals surface area contributed by atoms with Crippen LogP contribution in [0.3, 0.4) is 0 Å². The van der Waals surface area contributed by atoms with Crippen molar-refractivity contribution >= 4 is 39.7 Å². The van der Waals surface area contributed by atoms with Gasteiger partial charge in [0.1, 0.15) is 0 Å². The van der Waals surface area contributed by atoms with Gasteiger partial charge in [-0.05, 0) is 51.9 Å². The monoisotopic (exact) mass is 381 g/mol. The van der Waals surface area contributed by atoms with Crippen molar-refractivity contribution in [3.8, 4) is 0 Å². The number of hydrogen-bond donors (Lipinski definition) is 2. The highest BCUT2D eigenvalue weighted by Crippen LogP contribution is 2.25. The summed E-state index contributed by atoms with van der Waals surface area (Å²) in [7, 11) is -0.162. The molecule has 1 aliphatic heterocycles. The van der Waals surface area contributed by atoms with Crippen LogP contribution in [0.1, 0.15) is 28.9 Å². The fourth-order valence-corrected chi connectivity index (χ4v) is 4.59. The molecule has 0 radical (unpaired) electrons. The maximum atomic E-state index is 12.5. The SMILES string of the molecule is CNCCC1CCN(C(=O)c2cc(S(=O)(=O)NC)cs2)CC1.Cl. The molecule has 1 saturated heterocycles. The van der Waals surface area contributed by atoms with Crippen LogP contribution in [0.15, 0.2) is 16.3 Å². The molecule has 23 heavy (non-hydrogen) atoms. The van der Waals surface area contributed by atoms with Gasteiger partial charge in [-0.15, -0.1) is 23.7 Å². The summed E-state index contributed by atoms with van der Waals surface area (Å²) in [4.78, 5) is 14.9. The molecule has 1 aromatic heterocycles. The number of carbonyl (C=O) groups excluding carboxylic acids is 1. The van der Waals surface area contributed by atoms with Gasteiger partial charge in [-0.25, -0.2) is 13.1 Å². The van der Waals surface area contributed by atoms with Gasteiger partial charge in [-0.3, -0.25) is 4.79 Å². The summed E-state index contributed by atoms with van der Waals surface area (Å²) >= 11 is 1.19. The first-order valence-electron chi connectivity index (χ1n) is 7.44. The molecule has 9 heteroatoms. The van der Waals surface area contributed by atoms with Gasteiger partial charge < -0.3 is 10.2 Å². The Morgan fingerprint density at radius 2 is 2.00 bits per heavy atom. The number of sulfonamides is 1. The lowest BCUT2D eigenvalue weighted by Gasteiger charge is -2.31. The molecule has 1 aliphatic rings. The molecule has 2 N–H and O–H groups in total. The third-order valence-electron chi connectivity index (χ3n) is 4.07. The number of amides is 1. The van der Waals surface area contributed by atoms with Gasteiger partial charge in [-0.1, -0.05) is 0 Å². The van der Waals surface area contributed by atoms with Crippen LogP contribution >= 0.6 is 23.7 Å². The number of piperidine rings is 1. The highest BCUT2D eigenvalue weighted by atomic mass is 35.5. The van der Waals surface area contributed by atoms with E-state index in [0.29, 0.717) is 10.8 Å². The largest absolute Gasteiger partial charge is 0.338 e. The van der Waals surface area contributed by atoms with Crippen LogP contribution in [0.25, 0.3) is 0 Å². The molecular weight excluding hydrogens is 358 g/mol. The van der Waals surface area contributed by atoms with Crippen molar-refractivity contribution in [1.29, 1.82) is 0 Å². The Hall–Kier alpha value is -0.670. The smallest absolute Gasteiger partial charge is 0.263 e. The highest BCUT2D eigenvalue weighted by molar-refractivity contribution is 7.89. The number of nitrogens with one attached hydrogen (secondary N) is 2. The van der Waals surface area contributed by atoms with Crippen LogP contribution in [0.2, 0.25) is 0 Å². The van der Waals surface area contributed by atoms with E-state index in [4.69, 9.17) is 0 Å². The number of thiophene rings is 1. The van der Waals surface area contributed by atoms with Crippen LogP contribution in [0.4, 0.5) is 0 Å². The number of carbonyl (C=O) groups is 1. The molecule has 2 rings (SSSR count). The van der Waals surface area contributed by atoms with Gasteiger partial charge in [0.05, 0.1) is 9.77 Å².